The van der Waals surface area contributed by atoms with Gasteiger partial charge in [-0.05, 0) is 69.5 Å². The zero-order valence-corrected chi connectivity index (χ0v) is 15.6. The van der Waals surface area contributed by atoms with Crippen molar-refractivity contribution >= 4 is 23.2 Å². The molecule has 0 aliphatic heterocycles. The molecule has 1 heterocycles. The molecule has 1 unspecified atom stereocenters. The summed E-state index contributed by atoms with van der Waals surface area (Å²) >= 11 is 1.72. The van der Waals surface area contributed by atoms with Gasteiger partial charge < -0.3 is 10.6 Å². The van der Waals surface area contributed by atoms with E-state index in [-0.39, 0.29) is 24.4 Å². The highest BCUT2D eigenvalue weighted by molar-refractivity contribution is 7.12. The zero-order valence-electron chi connectivity index (χ0n) is 14.8. The highest BCUT2D eigenvalue weighted by Gasteiger charge is 2.15. The Morgan fingerprint density at radius 1 is 1.08 bits per heavy atom. The normalized spacial score (nSPS) is 11.9. The topological polar surface area (TPSA) is 58.2 Å². The van der Waals surface area contributed by atoms with E-state index in [1.54, 1.807) is 17.4 Å². The third-order valence-electron chi connectivity index (χ3n) is 4.10. The molecule has 128 valence electrons. The molecule has 0 saturated carbocycles. The molecule has 4 nitrogen and oxygen atoms in total. The quantitative estimate of drug-likeness (QED) is 0.871. The van der Waals surface area contributed by atoms with E-state index in [0.29, 0.717) is 5.56 Å². The van der Waals surface area contributed by atoms with Crippen molar-refractivity contribution in [2.75, 3.05) is 6.54 Å². The lowest BCUT2D eigenvalue weighted by Crippen LogP contribution is -2.38. The van der Waals surface area contributed by atoms with Crippen molar-refractivity contribution in [3.05, 3.63) is 56.3 Å². The fraction of sp³-hybridized carbons (Fsp3) is 0.368. The zero-order chi connectivity index (χ0) is 17.9. The Bertz CT molecular complexity index is 765. The van der Waals surface area contributed by atoms with E-state index in [0.717, 1.165) is 16.7 Å². The lowest BCUT2D eigenvalue weighted by atomic mass is 10.1. The summed E-state index contributed by atoms with van der Waals surface area (Å²) in [5, 5.41) is 5.60. The molecule has 1 aromatic carbocycles. The monoisotopic (exact) mass is 344 g/mol. The van der Waals surface area contributed by atoms with E-state index in [9.17, 15) is 9.59 Å². The second-order valence-corrected chi connectivity index (χ2v) is 7.60. The molecule has 0 aliphatic rings. The summed E-state index contributed by atoms with van der Waals surface area (Å²) in [7, 11) is 0. The maximum Gasteiger partial charge on any atom is 0.251 e. The minimum absolute atomic E-state index is 0.0295. The molecular weight excluding hydrogens is 320 g/mol. The van der Waals surface area contributed by atoms with Gasteiger partial charge in [0.15, 0.2) is 0 Å². The van der Waals surface area contributed by atoms with Gasteiger partial charge in [0, 0.05) is 15.3 Å². The number of nitrogens with one attached hydrogen (secondary N) is 2. The number of thiophene rings is 1. The number of benzene rings is 1. The van der Waals surface area contributed by atoms with Crippen molar-refractivity contribution in [1.82, 2.24) is 10.6 Å². The van der Waals surface area contributed by atoms with Gasteiger partial charge in [0.25, 0.3) is 5.91 Å². The predicted molar refractivity (Wildman–Crippen MR) is 98.6 cm³/mol. The van der Waals surface area contributed by atoms with Crippen molar-refractivity contribution < 1.29 is 9.59 Å². The van der Waals surface area contributed by atoms with Crippen molar-refractivity contribution in [1.29, 1.82) is 0 Å². The van der Waals surface area contributed by atoms with Gasteiger partial charge in [-0.2, -0.15) is 0 Å². The molecule has 2 aromatic rings. The molecule has 0 saturated heterocycles. The number of hydrogen-bond donors (Lipinski definition) is 2. The van der Waals surface area contributed by atoms with E-state index in [2.05, 4.69) is 30.5 Å². The predicted octanol–water partition coefficient (Wildman–Crippen LogP) is 3.59. The summed E-state index contributed by atoms with van der Waals surface area (Å²) in [6.07, 6.45) is 0. The van der Waals surface area contributed by atoms with Crippen molar-refractivity contribution in [2.45, 2.75) is 40.7 Å². The molecule has 2 amide bonds. The smallest absolute Gasteiger partial charge is 0.251 e. The lowest BCUT2D eigenvalue weighted by Gasteiger charge is -2.14. The first kappa shape index (κ1) is 18.2. The van der Waals surface area contributed by atoms with Gasteiger partial charge in [-0.1, -0.05) is 6.07 Å². The minimum Gasteiger partial charge on any atom is -0.348 e. The highest BCUT2D eigenvalue weighted by Crippen LogP contribution is 2.25. The van der Waals surface area contributed by atoms with Crippen LogP contribution in [0.25, 0.3) is 0 Å². The van der Waals surface area contributed by atoms with Crippen LogP contribution in [-0.4, -0.2) is 18.4 Å². The molecule has 24 heavy (non-hydrogen) atoms. The van der Waals surface area contributed by atoms with Crippen LogP contribution in [-0.2, 0) is 4.79 Å². The van der Waals surface area contributed by atoms with E-state index in [4.69, 9.17) is 0 Å². The number of carbonyl (C=O) groups is 2. The first-order valence-corrected chi connectivity index (χ1v) is 8.81. The first-order chi connectivity index (χ1) is 11.3. The number of aryl methyl sites for hydroxylation is 4. The maximum atomic E-state index is 12.1. The molecule has 0 aliphatic carbocycles. The van der Waals surface area contributed by atoms with E-state index in [1.807, 2.05) is 32.9 Å². The van der Waals surface area contributed by atoms with Crippen LogP contribution in [0.5, 0.6) is 0 Å². The lowest BCUT2D eigenvalue weighted by molar-refractivity contribution is -0.120. The Morgan fingerprint density at radius 3 is 2.38 bits per heavy atom. The minimum atomic E-state index is -0.233. The van der Waals surface area contributed by atoms with Crippen LogP contribution in [0, 0.1) is 27.7 Å². The van der Waals surface area contributed by atoms with Crippen LogP contribution in [0.2, 0.25) is 0 Å². The van der Waals surface area contributed by atoms with Gasteiger partial charge in [-0.15, -0.1) is 11.3 Å². The van der Waals surface area contributed by atoms with E-state index < -0.39 is 0 Å². The standard InChI is InChI=1S/C19H24N2O2S/c1-11-6-7-16(8-12(11)2)19(23)20-10-18(22)21-14(4)17-9-13(3)24-15(17)5/h6-9,14H,10H2,1-5H3,(H,20,23)(H,21,22). The molecular formula is C19H24N2O2S. The molecule has 1 aromatic heterocycles. The van der Waals surface area contributed by atoms with Gasteiger partial charge in [0.2, 0.25) is 5.91 Å². The third-order valence-corrected chi connectivity index (χ3v) is 5.08. The Morgan fingerprint density at radius 2 is 1.79 bits per heavy atom. The maximum absolute atomic E-state index is 12.1. The average Bonchev–Trinajstić information content (AvgIpc) is 2.86. The summed E-state index contributed by atoms with van der Waals surface area (Å²) in [5.41, 5.74) is 3.90. The molecule has 0 spiro atoms. The van der Waals surface area contributed by atoms with Crippen molar-refractivity contribution in [2.24, 2.45) is 0 Å². The van der Waals surface area contributed by atoms with E-state index in [1.165, 1.54) is 9.75 Å². The number of carbonyl (C=O) groups excluding carboxylic acids is 2. The largest absolute Gasteiger partial charge is 0.348 e. The van der Waals surface area contributed by atoms with Crippen LogP contribution >= 0.6 is 11.3 Å². The second kappa shape index (κ2) is 7.62. The summed E-state index contributed by atoms with van der Waals surface area (Å²) < 4.78 is 0. The van der Waals surface area contributed by atoms with Gasteiger partial charge in [0.05, 0.1) is 12.6 Å². The van der Waals surface area contributed by atoms with Crippen LogP contribution in [0.1, 0.15) is 49.8 Å². The Kier molecular flexibility index (Phi) is 5.78. The third kappa shape index (κ3) is 4.45. The summed E-state index contributed by atoms with van der Waals surface area (Å²) in [6, 6.07) is 7.55. The Labute approximate surface area is 147 Å². The molecule has 0 radical (unpaired) electrons. The fourth-order valence-electron chi connectivity index (χ4n) is 2.60. The molecule has 0 bridgehead atoms. The average molecular weight is 344 g/mol. The number of rotatable bonds is 5. The van der Waals surface area contributed by atoms with Gasteiger partial charge in [0.1, 0.15) is 0 Å². The van der Waals surface area contributed by atoms with Crippen molar-refractivity contribution in [3.63, 3.8) is 0 Å². The SMILES string of the molecule is Cc1cc(C(C)NC(=O)CNC(=O)c2ccc(C)c(C)c2)c(C)s1. The number of amides is 2. The summed E-state index contributed by atoms with van der Waals surface area (Å²) in [4.78, 5) is 26.7. The van der Waals surface area contributed by atoms with Crippen LogP contribution in [0.3, 0.4) is 0 Å². The number of hydrogen-bond acceptors (Lipinski definition) is 3. The molecule has 5 heteroatoms. The van der Waals surface area contributed by atoms with Gasteiger partial charge in [-0.3, -0.25) is 9.59 Å². The fourth-order valence-corrected chi connectivity index (χ4v) is 3.62. The molecule has 2 N–H and O–H groups in total. The first-order valence-electron chi connectivity index (χ1n) is 7.99. The van der Waals surface area contributed by atoms with Crippen LogP contribution < -0.4 is 10.6 Å². The Balaban J connectivity index is 1.89. The van der Waals surface area contributed by atoms with Crippen molar-refractivity contribution in [3.8, 4) is 0 Å². The molecule has 1 atom stereocenters. The van der Waals surface area contributed by atoms with Gasteiger partial charge in [-0.25, -0.2) is 0 Å². The molecule has 2 rings (SSSR count). The summed E-state index contributed by atoms with van der Waals surface area (Å²) in [6.45, 7) is 10.00. The van der Waals surface area contributed by atoms with E-state index >= 15 is 0 Å². The van der Waals surface area contributed by atoms with Crippen LogP contribution in [0.15, 0.2) is 24.3 Å². The Hall–Kier alpha value is -2.14. The molecule has 0 fully saturated rings. The van der Waals surface area contributed by atoms with Gasteiger partial charge >= 0.3 is 0 Å². The van der Waals surface area contributed by atoms with Crippen LogP contribution in [0.4, 0.5) is 0 Å². The highest BCUT2D eigenvalue weighted by atomic mass is 32.1. The second-order valence-electron chi connectivity index (χ2n) is 6.14. The summed E-state index contributed by atoms with van der Waals surface area (Å²) in [5.74, 6) is -0.425.